The fourth-order valence-electron chi connectivity index (χ4n) is 2.00. The second-order valence-corrected chi connectivity index (χ2v) is 5.72. The maximum atomic E-state index is 3.55. The minimum absolute atomic E-state index is 0.597. The fourth-order valence-corrected chi connectivity index (χ4v) is 2.64. The molecule has 0 amide bonds. The Bertz CT molecular complexity index is 299. The van der Waals surface area contributed by atoms with Crippen LogP contribution in [0.25, 0.3) is 0 Å². The Morgan fingerprint density at radius 1 is 1.18 bits per heavy atom. The van der Waals surface area contributed by atoms with Crippen LogP contribution in [-0.4, -0.2) is 24.6 Å². The van der Waals surface area contributed by atoms with Gasteiger partial charge >= 0.3 is 0 Å². The Morgan fingerprint density at radius 2 is 1.82 bits per heavy atom. The molecule has 0 saturated heterocycles. The zero-order valence-electron chi connectivity index (χ0n) is 11.5. The zero-order chi connectivity index (χ0) is 12.7. The van der Waals surface area contributed by atoms with Gasteiger partial charge in [-0.25, -0.2) is 0 Å². The van der Waals surface area contributed by atoms with Crippen molar-refractivity contribution in [2.45, 2.75) is 39.2 Å². The average molecular weight is 251 g/mol. The summed E-state index contributed by atoms with van der Waals surface area (Å²) >= 11 is 1.91. The molecule has 1 aromatic carbocycles. The molecule has 0 aliphatic heterocycles. The van der Waals surface area contributed by atoms with Crippen LogP contribution in [-0.2, 0) is 6.42 Å². The van der Waals surface area contributed by atoms with Crippen LogP contribution in [0.15, 0.2) is 24.3 Å². The normalized spacial score (nSPS) is 13.0. The van der Waals surface area contributed by atoms with E-state index in [0.717, 1.165) is 13.0 Å². The molecule has 0 spiro atoms. The van der Waals surface area contributed by atoms with Gasteiger partial charge in [0.1, 0.15) is 0 Å². The van der Waals surface area contributed by atoms with E-state index in [4.69, 9.17) is 0 Å². The number of rotatable bonds is 7. The van der Waals surface area contributed by atoms with Gasteiger partial charge in [0.05, 0.1) is 0 Å². The summed E-state index contributed by atoms with van der Waals surface area (Å²) in [4.78, 5) is 0. The Hall–Kier alpha value is -0.470. The Balaban J connectivity index is 2.59. The predicted molar refractivity (Wildman–Crippen MR) is 80.1 cm³/mol. The van der Waals surface area contributed by atoms with Crippen molar-refractivity contribution >= 4 is 11.8 Å². The first kappa shape index (κ1) is 14.6. The lowest BCUT2D eigenvalue weighted by molar-refractivity contribution is 0.573. The van der Waals surface area contributed by atoms with Gasteiger partial charge in [-0.1, -0.05) is 45.0 Å². The molecule has 17 heavy (non-hydrogen) atoms. The Morgan fingerprint density at radius 3 is 2.29 bits per heavy atom. The van der Waals surface area contributed by atoms with Gasteiger partial charge in [-0.3, -0.25) is 0 Å². The summed E-state index contributed by atoms with van der Waals surface area (Å²) in [5, 5.41) is 3.55. The highest BCUT2D eigenvalue weighted by Gasteiger charge is 2.07. The third-order valence-corrected chi connectivity index (χ3v) is 3.72. The van der Waals surface area contributed by atoms with Gasteiger partial charge in [0.2, 0.25) is 0 Å². The van der Waals surface area contributed by atoms with Crippen LogP contribution in [0.4, 0.5) is 0 Å². The summed E-state index contributed by atoms with van der Waals surface area (Å²) in [6.45, 7) is 7.71. The van der Waals surface area contributed by atoms with E-state index in [2.05, 4.69) is 56.6 Å². The van der Waals surface area contributed by atoms with Crippen molar-refractivity contribution in [2.75, 3.05) is 18.6 Å². The van der Waals surface area contributed by atoms with Crippen LogP contribution in [0.5, 0.6) is 0 Å². The van der Waals surface area contributed by atoms with Crippen LogP contribution < -0.4 is 5.32 Å². The highest BCUT2D eigenvalue weighted by atomic mass is 32.2. The number of hydrogen-bond donors (Lipinski definition) is 1. The van der Waals surface area contributed by atoms with Crippen molar-refractivity contribution in [2.24, 2.45) is 0 Å². The first-order valence-electron chi connectivity index (χ1n) is 6.48. The molecule has 0 heterocycles. The molecule has 1 aromatic rings. The molecule has 1 atom stereocenters. The van der Waals surface area contributed by atoms with Gasteiger partial charge in [0, 0.05) is 11.8 Å². The molecule has 1 N–H and O–H groups in total. The summed E-state index contributed by atoms with van der Waals surface area (Å²) in [7, 11) is 0. The third-order valence-electron chi connectivity index (χ3n) is 2.99. The molecule has 1 nitrogen and oxygen atoms in total. The quantitative estimate of drug-likeness (QED) is 0.793. The lowest BCUT2D eigenvalue weighted by Crippen LogP contribution is -2.33. The molecule has 0 aliphatic rings. The van der Waals surface area contributed by atoms with Crippen LogP contribution in [0.3, 0.4) is 0 Å². The van der Waals surface area contributed by atoms with Crippen LogP contribution in [0.1, 0.15) is 37.8 Å². The number of benzene rings is 1. The van der Waals surface area contributed by atoms with Crippen molar-refractivity contribution in [3.05, 3.63) is 35.4 Å². The van der Waals surface area contributed by atoms with E-state index in [1.807, 2.05) is 11.8 Å². The van der Waals surface area contributed by atoms with Crippen molar-refractivity contribution < 1.29 is 0 Å². The molecule has 0 aliphatic carbocycles. The van der Waals surface area contributed by atoms with Gasteiger partial charge in [0.25, 0.3) is 0 Å². The summed E-state index contributed by atoms with van der Waals surface area (Å²) < 4.78 is 0. The van der Waals surface area contributed by atoms with E-state index >= 15 is 0 Å². The second kappa shape index (κ2) is 7.78. The van der Waals surface area contributed by atoms with Crippen LogP contribution >= 0.6 is 11.8 Å². The molecular weight excluding hydrogens is 226 g/mol. The van der Waals surface area contributed by atoms with Gasteiger partial charge < -0.3 is 5.32 Å². The molecule has 1 unspecified atom stereocenters. The van der Waals surface area contributed by atoms with Crippen LogP contribution in [0, 0.1) is 0 Å². The third kappa shape index (κ3) is 5.13. The van der Waals surface area contributed by atoms with E-state index < -0.39 is 0 Å². The van der Waals surface area contributed by atoms with E-state index in [1.54, 1.807) is 0 Å². The lowest BCUT2D eigenvalue weighted by Gasteiger charge is -2.17. The molecule has 0 fully saturated rings. The molecule has 1 rings (SSSR count). The first-order valence-corrected chi connectivity index (χ1v) is 7.87. The van der Waals surface area contributed by atoms with E-state index in [1.165, 1.54) is 16.9 Å². The standard InChI is InChI=1S/C15H25NS/c1-5-16-15(11-17-4)10-13-6-8-14(9-7-13)12(2)3/h6-9,12,15-16H,5,10-11H2,1-4H3. The van der Waals surface area contributed by atoms with Crippen molar-refractivity contribution in [3.63, 3.8) is 0 Å². The number of likely N-dealkylation sites (N-methyl/N-ethyl adjacent to an activating group) is 1. The monoisotopic (exact) mass is 251 g/mol. The van der Waals surface area contributed by atoms with E-state index in [9.17, 15) is 0 Å². The topological polar surface area (TPSA) is 12.0 Å². The molecule has 2 heteroatoms. The van der Waals surface area contributed by atoms with Gasteiger partial charge in [-0.05, 0) is 36.3 Å². The smallest absolute Gasteiger partial charge is 0.0198 e. The van der Waals surface area contributed by atoms with Crippen molar-refractivity contribution in [1.82, 2.24) is 5.32 Å². The molecule has 0 bridgehead atoms. The maximum Gasteiger partial charge on any atom is 0.0198 e. The first-order chi connectivity index (χ1) is 8.17. The maximum absolute atomic E-state index is 3.55. The molecule has 96 valence electrons. The summed E-state index contributed by atoms with van der Waals surface area (Å²) in [6.07, 6.45) is 3.30. The lowest BCUT2D eigenvalue weighted by atomic mass is 9.99. The average Bonchev–Trinajstić information content (AvgIpc) is 2.30. The molecule has 0 saturated carbocycles. The summed E-state index contributed by atoms with van der Waals surface area (Å²) in [6, 6.07) is 9.68. The largest absolute Gasteiger partial charge is 0.313 e. The Kier molecular flexibility index (Phi) is 6.68. The number of nitrogens with one attached hydrogen (secondary N) is 1. The molecule has 0 radical (unpaired) electrons. The molecule has 0 aromatic heterocycles. The highest BCUT2D eigenvalue weighted by Crippen LogP contribution is 2.16. The summed E-state index contributed by atoms with van der Waals surface area (Å²) in [5.41, 5.74) is 2.87. The predicted octanol–water partition coefficient (Wildman–Crippen LogP) is 3.69. The van der Waals surface area contributed by atoms with Crippen molar-refractivity contribution in [1.29, 1.82) is 0 Å². The second-order valence-electron chi connectivity index (χ2n) is 4.81. The highest BCUT2D eigenvalue weighted by molar-refractivity contribution is 7.98. The van der Waals surface area contributed by atoms with Crippen molar-refractivity contribution in [3.8, 4) is 0 Å². The molecular formula is C15H25NS. The minimum atomic E-state index is 0.597. The fraction of sp³-hybridized carbons (Fsp3) is 0.600. The zero-order valence-corrected chi connectivity index (χ0v) is 12.3. The van der Waals surface area contributed by atoms with Gasteiger partial charge in [0.15, 0.2) is 0 Å². The van der Waals surface area contributed by atoms with Crippen LogP contribution in [0.2, 0.25) is 0 Å². The SMILES string of the molecule is CCNC(CSC)Cc1ccc(C(C)C)cc1. The van der Waals surface area contributed by atoms with E-state index in [-0.39, 0.29) is 0 Å². The summed E-state index contributed by atoms with van der Waals surface area (Å²) in [5.74, 6) is 1.81. The van der Waals surface area contributed by atoms with Gasteiger partial charge in [-0.2, -0.15) is 11.8 Å². The van der Waals surface area contributed by atoms with E-state index in [0.29, 0.717) is 12.0 Å². The number of hydrogen-bond acceptors (Lipinski definition) is 2. The minimum Gasteiger partial charge on any atom is -0.313 e. The number of thioether (sulfide) groups is 1. The Labute approximate surface area is 110 Å². The van der Waals surface area contributed by atoms with Gasteiger partial charge in [-0.15, -0.1) is 0 Å².